The third-order valence-corrected chi connectivity index (χ3v) is 5.05. The van der Waals surface area contributed by atoms with E-state index in [1.807, 2.05) is 0 Å². The number of unbranched alkanes of at least 4 members (excludes halogenated alkanes) is 3. The second-order valence-corrected chi connectivity index (χ2v) is 7.86. The molecule has 0 saturated heterocycles. The molecule has 0 unspecified atom stereocenters. The van der Waals surface area contributed by atoms with E-state index >= 15 is 0 Å². The molecular weight excluding hydrogens is 452 g/mol. The van der Waals surface area contributed by atoms with Crippen LogP contribution in [-0.2, 0) is 0 Å². The number of ether oxygens (including phenoxy) is 1. The van der Waals surface area contributed by atoms with E-state index in [-0.39, 0.29) is 16.8 Å². The van der Waals surface area contributed by atoms with Crippen molar-refractivity contribution in [3.05, 3.63) is 58.1 Å². The van der Waals surface area contributed by atoms with Crippen LogP contribution in [0, 0.1) is 0 Å². The molecule has 2 aromatic carbocycles. The van der Waals surface area contributed by atoms with Gasteiger partial charge in [-0.2, -0.15) is 0 Å². The van der Waals surface area contributed by atoms with Crippen molar-refractivity contribution < 1.29 is 14.3 Å². The summed E-state index contributed by atoms with van der Waals surface area (Å²) < 4.78 is 6.49. The molecule has 7 heteroatoms. The molecule has 5 nitrogen and oxygen atoms in total. The van der Waals surface area contributed by atoms with Crippen molar-refractivity contribution in [1.29, 1.82) is 0 Å². The number of amides is 1. The van der Waals surface area contributed by atoms with E-state index in [9.17, 15) is 9.59 Å². The van der Waals surface area contributed by atoms with Gasteiger partial charge in [0.2, 0.25) is 0 Å². The Kier molecular flexibility index (Phi) is 9.28. The fraction of sp³-hybridized carbons (Fsp3) is 0.318. The van der Waals surface area contributed by atoms with Crippen molar-refractivity contribution in [1.82, 2.24) is 5.32 Å². The second kappa shape index (κ2) is 11.7. The van der Waals surface area contributed by atoms with Crippen LogP contribution in [0.5, 0.6) is 5.75 Å². The zero-order valence-electron chi connectivity index (χ0n) is 16.6. The van der Waals surface area contributed by atoms with Gasteiger partial charge in [0.05, 0.1) is 11.1 Å². The summed E-state index contributed by atoms with van der Waals surface area (Å²) in [5, 5.41) is 5.76. The van der Waals surface area contributed by atoms with Gasteiger partial charge in [-0.25, -0.2) is 0 Å². The van der Waals surface area contributed by atoms with Crippen LogP contribution < -0.4 is 15.4 Å². The highest BCUT2D eigenvalue weighted by molar-refractivity contribution is 9.10. The van der Waals surface area contributed by atoms with Crippen LogP contribution in [0.3, 0.4) is 0 Å². The molecule has 0 aliphatic rings. The van der Waals surface area contributed by atoms with Gasteiger partial charge in [0.25, 0.3) is 5.91 Å². The van der Waals surface area contributed by atoms with E-state index in [0.29, 0.717) is 29.2 Å². The van der Waals surface area contributed by atoms with Crippen molar-refractivity contribution >= 4 is 50.6 Å². The first-order valence-electron chi connectivity index (χ1n) is 9.56. The summed E-state index contributed by atoms with van der Waals surface area (Å²) in [7, 11) is 0. The van der Waals surface area contributed by atoms with Crippen LogP contribution in [0.25, 0.3) is 0 Å². The number of benzene rings is 2. The number of nitrogens with one attached hydrogen (secondary N) is 2. The Hall–Kier alpha value is -2.25. The predicted octanol–water partition coefficient (Wildman–Crippen LogP) is 5.74. The Balaban J connectivity index is 1.88. The number of hydrogen-bond acceptors (Lipinski definition) is 4. The molecule has 29 heavy (non-hydrogen) atoms. The lowest BCUT2D eigenvalue weighted by Crippen LogP contribution is -2.34. The number of Topliss-reactive ketones (excluding diaryl/α,β-unsaturated/α-hetero) is 1. The highest BCUT2D eigenvalue weighted by Gasteiger charge is 2.11. The normalized spacial score (nSPS) is 10.3. The highest BCUT2D eigenvalue weighted by atomic mass is 79.9. The Labute approximate surface area is 185 Å². The number of halogens is 1. The molecule has 0 spiro atoms. The fourth-order valence-electron chi connectivity index (χ4n) is 2.60. The summed E-state index contributed by atoms with van der Waals surface area (Å²) in [6.07, 6.45) is 4.55. The lowest BCUT2D eigenvalue weighted by Gasteiger charge is -2.12. The highest BCUT2D eigenvalue weighted by Crippen LogP contribution is 2.26. The van der Waals surface area contributed by atoms with Crippen molar-refractivity contribution in [2.45, 2.75) is 39.5 Å². The third-order valence-electron chi connectivity index (χ3n) is 4.23. The number of ketones is 1. The number of hydrogen-bond donors (Lipinski definition) is 2. The van der Waals surface area contributed by atoms with Gasteiger partial charge in [-0.1, -0.05) is 26.2 Å². The maximum absolute atomic E-state index is 12.4. The number of carbonyl (C=O) groups excluding carboxylic acids is 2. The quantitative estimate of drug-likeness (QED) is 0.274. The van der Waals surface area contributed by atoms with Crippen LogP contribution in [0.1, 0.15) is 60.2 Å². The average molecular weight is 477 g/mol. The third kappa shape index (κ3) is 7.59. The van der Waals surface area contributed by atoms with Crippen LogP contribution >= 0.6 is 28.1 Å². The molecule has 2 aromatic rings. The van der Waals surface area contributed by atoms with E-state index in [0.717, 1.165) is 17.3 Å². The van der Waals surface area contributed by atoms with E-state index in [2.05, 4.69) is 33.5 Å². The molecule has 0 aliphatic heterocycles. The molecule has 154 valence electrons. The zero-order chi connectivity index (χ0) is 21.2. The molecule has 0 saturated carbocycles. The average Bonchev–Trinajstić information content (AvgIpc) is 2.69. The van der Waals surface area contributed by atoms with Crippen molar-refractivity contribution in [3.8, 4) is 5.75 Å². The Bertz CT molecular complexity index is 869. The minimum absolute atomic E-state index is 0.00797. The smallest absolute Gasteiger partial charge is 0.257 e. The molecular formula is C22H25BrN2O3S. The van der Waals surface area contributed by atoms with Crippen LogP contribution in [0.15, 0.2) is 46.9 Å². The summed E-state index contributed by atoms with van der Waals surface area (Å²) >= 11 is 8.66. The number of rotatable bonds is 9. The van der Waals surface area contributed by atoms with Gasteiger partial charge in [-0.15, -0.1) is 0 Å². The van der Waals surface area contributed by atoms with Gasteiger partial charge in [0, 0.05) is 16.8 Å². The molecule has 1 amide bonds. The summed E-state index contributed by atoms with van der Waals surface area (Å²) in [6, 6.07) is 12.1. The first kappa shape index (κ1) is 23.0. The molecule has 0 atom stereocenters. The summed E-state index contributed by atoms with van der Waals surface area (Å²) in [4.78, 5) is 23.8. The largest absolute Gasteiger partial charge is 0.492 e. The van der Waals surface area contributed by atoms with Crippen LogP contribution in [0.2, 0.25) is 0 Å². The lowest BCUT2D eigenvalue weighted by atomic mass is 10.1. The maximum Gasteiger partial charge on any atom is 0.257 e. The Morgan fingerprint density at radius 3 is 2.34 bits per heavy atom. The van der Waals surface area contributed by atoms with E-state index < -0.39 is 0 Å². The summed E-state index contributed by atoms with van der Waals surface area (Å²) in [5.41, 5.74) is 1.77. The number of thiocarbonyl (C=S) groups is 1. The van der Waals surface area contributed by atoms with Gasteiger partial charge in [0.15, 0.2) is 10.9 Å². The molecule has 0 heterocycles. The monoisotopic (exact) mass is 476 g/mol. The Morgan fingerprint density at radius 1 is 1.03 bits per heavy atom. The second-order valence-electron chi connectivity index (χ2n) is 6.60. The van der Waals surface area contributed by atoms with Crippen LogP contribution in [0.4, 0.5) is 5.69 Å². The molecule has 0 radical (unpaired) electrons. The molecule has 0 fully saturated rings. The summed E-state index contributed by atoms with van der Waals surface area (Å²) in [5.74, 6) is 0.383. The van der Waals surface area contributed by atoms with Crippen molar-refractivity contribution in [2.75, 3.05) is 11.9 Å². The lowest BCUT2D eigenvalue weighted by molar-refractivity contribution is 0.0976. The molecule has 2 N–H and O–H groups in total. The first-order valence-corrected chi connectivity index (χ1v) is 10.8. The van der Waals surface area contributed by atoms with E-state index in [1.165, 1.54) is 19.8 Å². The van der Waals surface area contributed by atoms with Gasteiger partial charge in [-0.05, 0) is 84.0 Å². The summed E-state index contributed by atoms with van der Waals surface area (Å²) in [6.45, 7) is 4.33. The van der Waals surface area contributed by atoms with Crippen molar-refractivity contribution in [3.63, 3.8) is 0 Å². The predicted molar refractivity (Wildman–Crippen MR) is 124 cm³/mol. The zero-order valence-corrected chi connectivity index (χ0v) is 19.0. The molecule has 0 aromatic heterocycles. The van der Waals surface area contributed by atoms with Gasteiger partial charge in [0.1, 0.15) is 5.75 Å². The Morgan fingerprint density at radius 2 is 1.72 bits per heavy atom. The van der Waals surface area contributed by atoms with Gasteiger partial charge < -0.3 is 10.1 Å². The molecule has 2 rings (SSSR count). The minimum Gasteiger partial charge on any atom is -0.492 e. The molecule has 0 bridgehead atoms. The van der Waals surface area contributed by atoms with E-state index in [1.54, 1.807) is 42.5 Å². The van der Waals surface area contributed by atoms with E-state index in [4.69, 9.17) is 17.0 Å². The minimum atomic E-state index is -0.321. The first-order chi connectivity index (χ1) is 13.9. The number of carbonyl (C=O) groups is 2. The number of anilines is 1. The standard InChI is InChI=1S/C22H25BrN2O3S/c1-3-4-5-6-13-28-20-12-9-17(14-19(20)23)21(27)25-22(29)24-18-10-7-16(8-11-18)15(2)26/h7-12,14H,3-6,13H2,1-2H3,(H2,24,25,27,29). The van der Waals surface area contributed by atoms with Gasteiger partial charge >= 0.3 is 0 Å². The molecule has 0 aliphatic carbocycles. The fourth-order valence-corrected chi connectivity index (χ4v) is 3.30. The van der Waals surface area contributed by atoms with Crippen LogP contribution in [-0.4, -0.2) is 23.4 Å². The maximum atomic E-state index is 12.4. The SMILES string of the molecule is CCCCCCOc1ccc(C(=O)NC(=S)Nc2ccc(C(C)=O)cc2)cc1Br. The topological polar surface area (TPSA) is 67.4 Å². The van der Waals surface area contributed by atoms with Crippen molar-refractivity contribution in [2.24, 2.45) is 0 Å². The van der Waals surface area contributed by atoms with Gasteiger partial charge in [-0.3, -0.25) is 14.9 Å².